The summed E-state index contributed by atoms with van der Waals surface area (Å²) in [5.74, 6) is 1.05. The summed E-state index contributed by atoms with van der Waals surface area (Å²) in [5.41, 5.74) is 0.968. The van der Waals surface area contributed by atoms with Crippen LogP contribution < -0.4 is 5.32 Å². The highest BCUT2D eigenvalue weighted by Gasteiger charge is 2.30. The summed E-state index contributed by atoms with van der Waals surface area (Å²) >= 11 is 0. The first kappa shape index (κ1) is 15.2. The molecule has 0 aromatic carbocycles. The molecule has 1 aromatic rings. The predicted octanol–water partition coefficient (Wildman–Crippen LogP) is 1.67. The highest BCUT2D eigenvalue weighted by molar-refractivity contribution is 5.78. The van der Waals surface area contributed by atoms with Crippen molar-refractivity contribution in [1.29, 1.82) is 0 Å². The number of piperidine rings is 1. The lowest BCUT2D eigenvalue weighted by Crippen LogP contribution is -2.42. The molecule has 0 aliphatic carbocycles. The lowest BCUT2D eigenvalue weighted by molar-refractivity contribution is -0.133. The number of carbonyl (C=O) groups is 1. The van der Waals surface area contributed by atoms with Gasteiger partial charge >= 0.3 is 0 Å². The molecular formula is C16H25N5O. The summed E-state index contributed by atoms with van der Waals surface area (Å²) in [4.78, 5) is 25.6. The van der Waals surface area contributed by atoms with Crippen LogP contribution in [-0.4, -0.2) is 58.9 Å². The van der Waals surface area contributed by atoms with Crippen molar-refractivity contribution in [3.63, 3.8) is 0 Å². The van der Waals surface area contributed by atoms with E-state index in [1.165, 1.54) is 6.42 Å². The first-order valence-corrected chi connectivity index (χ1v) is 8.29. The fourth-order valence-corrected chi connectivity index (χ4v) is 3.43. The normalized spacial score (nSPS) is 22.8. The Hall–Kier alpha value is -1.69. The van der Waals surface area contributed by atoms with Crippen LogP contribution in [0.3, 0.4) is 0 Å². The van der Waals surface area contributed by atoms with E-state index in [2.05, 4.69) is 20.2 Å². The zero-order chi connectivity index (χ0) is 15.4. The second kappa shape index (κ2) is 7.05. The van der Waals surface area contributed by atoms with Gasteiger partial charge in [-0.1, -0.05) is 0 Å². The zero-order valence-corrected chi connectivity index (χ0v) is 13.3. The first-order chi connectivity index (χ1) is 10.8. The van der Waals surface area contributed by atoms with Gasteiger partial charge in [0.2, 0.25) is 5.91 Å². The van der Waals surface area contributed by atoms with Gasteiger partial charge in [0.15, 0.2) is 0 Å². The highest BCUT2D eigenvalue weighted by Crippen LogP contribution is 2.30. The molecule has 0 saturated carbocycles. The Morgan fingerprint density at radius 2 is 2.05 bits per heavy atom. The van der Waals surface area contributed by atoms with Gasteiger partial charge in [-0.2, -0.15) is 0 Å². The van der Waals surface area contributed by atoms with Gasteiger partial charge in [-0.3, -0.25) is 14.7 Å². The summed E-state index contributed by atoms with van der Waals surface area (Å²) in [6.45, 7) is 3.32. The van der Waals surface area contributed by atoms with Crippen LogP contribution in [0.15, 0.2) is 12.4 Å². The van der Waals surface area contributed by atoms with Crippen molar-refractivity contribution in [1.82, 2.24) is 19.8 Å². The van der Waals surface area contributed by atoms with Crippen molar-refractivity contribution in [2.24, 2.45) is 0 Å². The minimum absolute atomic E-state index is 0.217. The Labute approximate surface area is 131 Å². The Bertz CT molecular complexity index is 515. The molecule has 1 N–H and O–H groups in total. The van der Waals surface area contributed by atoms with Gasteiger partial charge in [0.1, 0.15) is 5.82 Å². The van der Waals surface area contributed by atoms with Crippen LogP contribution >= 0.6 is 0 Å². The van der Waals surface area contributed by atoms with Gasteiger partial charge in [0.05, 0.1) is 30.7 Å². The Morgan fingerprint density at radius 3 is 2.82 bits per heavy atom. The first-order valence-electron chi connectivity index (χ1n) is 8.29. The van der Waals surface area contributed by atoms with E-state index in [-0.39, 0.29) is 11.9 Å². The van der Waals surface area contributed by atoms with Crippen LogP contribution in [0.4, 0.5) is 5.82 Å². The van der Waals surface area contributed by atoms with Gasteiger partial charge < -0.3 is 10.2 Å². The standard InChI is InChI=1S/C16H25N5O/c1-17-15-11-18-10-13(19-15)14-6-5-9-21(14)12-16(22)20-7-3-2-4-8-20/h10-11,14H,2-9,12H2,1H3,(H,17,19)/t14-/m1/s1. The number of rotatable bonds is 4. The third-order valence-electron chi connectivity index (χ3n) is 4.66. The number of amides is 1. The van der Waals surface area contributed by atoms with Crippen LogP contribution in [0.5, 0.6) is 0 Å². The number of anilines is 1. The number of nitrogens with one attached hydrogen (secondary N) is 1. The molecule has 3 rings (SSSR count). The topological polar surface area (TPSA) is 61.4 Å². The maximum absolute atomic E-state index is 12.5. The van der Waals surface area contributed by atoms with Crippen LogP contribution in [-0.2, 0) is 4.79 Å². The third kappa shape index (κ3) is 3.38. The van der Waals surface area contributed by atoms with Gasteiger partial charge in [-0.05, 0) is 38.6 Å². The lowest BCUT2D eigenvalue weighted by Gasteiger charge is -2.30. The molecule has 0 spiro atoms. The molecule has 120 valence electrons. The monoisotopic (exact) mass is 303 g/mol. The van der Waals surface area contributed by atoms with Crippen LogP contribution in [0.1, 0.15) is 43.8 Å². The molecule has 6 heteroatoms. The maximum atomic E-state index is 12.5. The maximum Gasteiger partial charge on any atom is 0.236 e. The van der Waals surface area contributed by atoms with Crippen molar-refractivity contribution < 1.29 is 4.79 Å². The molecule has 2 aliphatic rings. The molecule has 2 saturated heterocycles. The van der Waals surface area contributed by atoms with E-state index < -0.39 is 0 Å². The van der Waals surface area contributed by atoms with Gasteiger partial charge in [-0.25, -0.2) is 4.98 Å². The molecule has 2 fully saturated rings. The number of aromatic nitrogens is 2. The highest BCUT2D eigenvalue weighted by atomic mass is 16.2. The van der Waals surface area contributed by atoms with Crippen molar-refractivity contribution in [2.75, 3.05) is 38.5 Å². The van der Waals surface area contributed by atoms with Crippen LogP contribution in [0.25, 0.3) is 0 Å². The largest absolute Gasteiger partial charge is 0.372 e. The van der Waals surface area contributed by atoms with E-state index in [9.17, 15) is 4.79 Å². The minimum atomic E-state index is 0.217. The molecule has 1 aromatic heterocycles. The number of nitrogens with zero attached hydrogens (tertiary/aromatic N) is 4. The minimum Gasteiger partial charge on any atom is -0.372 e. The fourth-order valence-electron chi connectivity index (χ4n) is 3.43. The molecule has 22 heavy (non-hydrogen) atoms. The molecule has 1 amide bonds. The Balaban J connectivity index is 1.66. The van der Waals surface area contributed by atoms with Crippen molar-refractivity contribution >= 4 is 11.7 Å². The van der Waals surface area contributed by atoms with Gasteiger partial charge in [0, 0.05) is 20.1 Å². The summed E-state index contributed by atoms with van der Waals surface area (Å²) in [6, 6.07) is 0.217. The Kier molecular flexibility index (Phi) is 4.87. The molecule has 0 radical (unpaired) electrons. The molecule has 6 nitrogen and oxygen atoms in total. The van der Waals surface area contributed by atoms with Gasteiger partial charge in [-0.15, -0.1) is 0 Å². The molecule has 0 unspecified atom stereocenters. The van der Waals surface area contributed by atoms with Crippen molar-refractivity contribution in [3.8, 4) is 0 Å². The average Bonchev–Trinajstić information content (AvgIpc) is 3.04. The lowest BCUT2D eigenvalue weighted by atomic mass is 10.1. The summed E-state index contributed by atoms with van der Waals surface area (Å²) < 4.78 is 0. The molecular weight excluding hydrogens is 278 g/mol. The summed E-state index contributed by atoms with van der Waals surface area (Å²) in [7, 11) is 1.85. The van der Waals surface area contributed by atoms with E-state index >= 15 is 0 Å². The SMILES string of the molecule is CNc1cncc([C@H]2CCCN2CC(=O)N2CCCCC2)n1. The second-order valence-electron chi connectivity index (χ2n) is 6.15. The number of hydrogen-bond acceptors (Lipinski definition) is 5. The molecule has 1 atom stereocenters. The molecule has 3 heterocycles. The molecule has 0 bridgehead atoms. The average molecular weight is 303 g/mol. The van der Waals surface area contributed by atoms with Crippen LogP contribution in [0.2, 0.25) is 0 Å². The van der Waals surface area contributed by atoms with Gasteiger partial charge in [0.25, 0.3) is 0 Å². The second-order valence-corrected chi connectivity index (χ2v) is 6.15. The number of likely N-dealkylation sites (tertiary alicyclic amines) is 2. The quantitative estimate of drug-likeness (QED) is 0.917. The van der Waals surface area contributed by atoms with E-state index in [1.807, 2.05) is 18.1 Å². The smallest absolute Gasteiger partial charge is 0.236 e. The zero-order valence-electron chi connectivity index (χ0n) is 13.3. The summed E-state index contributed by atoms with van der Waals surface area (Å²) in [6.07, 6.45) is 9.26. The van der Waals surface area contributed by atoms with E-state index in [0.717, 1.165) is 56.8 Å². The summed E-state index contributed by atoms with van der Waals surface area (Å²) in [5, 5.41) is 3.03. The Morgan fingerprint density at radius 1 is 1.23 bits per heavy atom. The van der Waals surface area contributed by atoms with Crippen molar-refractivity contribution in [2.45, 2.75) is 38.1 Å². The fraction of sp³-hybridized carbons (Fsp3) is 0.688. The molecule has 2 aliphatic heterocycles. The number of hydrogen-bond donors (Lipinski definition) is 1. The van der Waals surface area contributed by atoms with Crippen molar-refractivity contribution in [3.05, 3.63) is 18.1 Å². The van der Waals surface area contributed by atoms with Crippen LogP contribution in [0, 0.1) is 0 Å². The van der Waals surface area contributed by atoms with E-state index in [1.54, 1.807) is 6.20 Å². The van der Waals surface area contributed by atoms with E-state index in [4.69, 9.17) is 0 Å². The third-order valence-corrected chi connectivity index (χ3v) is 4.66. The predicted molar refractivity (Wildman–Crippen MR) is 85.6 cm³/mol. The van der Waals surface area contributed by atoms with E-state index in [0.29, 0.717) is 6.54 Å². The number of carbonyl (C=O) groups excluding carboxylic acids is 1.